The summed E-state index contributed by atoms with van der Waals surface area (Å²) in [6.07, 6.45) is 0. The van der Waals surface area contributed by atoms with Crippen LogP contribution in [0.2, 0.25) is 0 Å². The van der Waals surface area contributed by atoms with Gasteiger partial charge < -0.3 is 0 Å². The van der Waals surface area contributed by atoms with Gasteiger partial charge in [0, 0.05) is 0 Å². The predicted molar refractivity (Wildman–Crippen MR) is 29.0 cm³/mol. The molecule has 0 bridgehead atoms. The van der Waals surface area contributed by atoms with Crippen molar-refractivity contribution in [1.29, 1.82) is 0 Å². The molecular weight excluding hydrogens is 199 g/mol. The quantitative estimate of drug-likeness (QED) is 0.440. The van der Waals surface area contributed by atoms with Gasteiger partial charge in [0.15, 0.2) is 0 Å². The normalized spacial score (nSPS) is 15.9. The van der Waals surface area contributed by atoms with Gasteiger partial charge in [0.1, 0.15) is 0 Å². The summed E-state index contributed by atoms with van der Waals surface area (Å²) in [6.45, 7) is 1.31. The molecule has 8 heavy (non-hydrogen) atoms. The molecule has 0 aromatic carbocycles. The zero-order valence-corrected chi connectivity index (χ0v) is 6.63. The first-order valence-corrected chi connectivity index (χ1v) is 6.21. The van der Waals surface area contributed by atoms with Crippen molar-refractivity contribution < 1.29 is 18.1 Å². The topological polar surface area (TPSA) is 74.6 Å². The van der Waals surface area contributed by atoms with Crippen molar-refractivity contribution in [2.45, 2.75) is 11.9 Å². The van der Waals surface area contributed by atoms with Crippen molar-refractivity contribution in [3.63, 3.8) is 0 Å². The van der Waals surface area contributed by atoms with E-state index in [1.165, 1.54) is 6.92 Å². The summed E-state index contributed by atoms with van der Waals surface area (Å²) in [4.78, 5) is 0. The molecule has 0 saturated carbocycles. The van der Waals surface area contributed by atoms with Gasteiger partial charge in [-0.3, -0.25) is 0 Å². The monoisotopic (exact) mass is 206 g/mol. The molecule has 4 nitrogen and oxygen atoms in total. The average molecular weight is 205 g/mol. The van der Waals surface area contributed by atoms with Crippen LogP contribution in [-0.2, 0) is 8.54 Å². The van der Waals surface area contributed by atoms with Gasteiger partial charge in [-0.25, -0.2) is 0 Å². The van der Waals surface area contributed by atoms with Crippen molar-refractivity contribution in [1.82, 2.24) is 0 Å². The fraction of sp³-hybridized carbons (Fsp3) is 1.00. The van der Waals surface area contributed by atoms with Crippen LogP contribution < -0.4 is 0 Å². The van der Waals surface area contributed by atoms with E-state index in [-0.39, 0.29) is 0 Å². The van der Waals surface area contributed by atoms with Crippen LogP contribution in [0.1, 0.15) is 6.92 Å². The molecule has 50 valence electrons. The molecule has 1 unspecified atom stereocenters. The molecular formula is C2H6O4SSe. The van der Waals surface area contributed by atoms with Crippen LogP contribution in [0.15, 0.2) is 0 Å². The molecule has 0 amide bonds. The Hall–Kier alpha value is 0.389. The van der Waals surface area contributed by atoms with E-state index < -0.39 is 27.4 Å². The molecule has 0 heterocycles. The summed E-state index contributed by atoms with van der Waals surface area (Å²) in [6, 6.07) is 0. The van der Waals surface area contributed by atoms with E-state index in [1.807, 2.05) is 0 Å². The molecule has 0 fully saturated rings. The Labute approximate surface area is 52.9 Å². The van der Waals surface area contributed by atoms with Gasteiger partial charge in [-0.1, -0.05) is 0 Å². The van der Waals surface area contributed by atoms with Gasteiger partial charge in [-0.2, -0.15) is 0 Å². The molecule has 1 atom stereocenters. The predicted octanol–water partition coefficient (Wildman–Crippen LogP) is -1.17. The summed E-state index contributed by atoms with van der Waals surface area (Å²) in [5, 5.41) is 7.44. The van der Waals surface area contributed by atoms with E-state index in [9.17, 15) is 8.42 Å². The van der Waals surface area contributed by atoms with Crippen molar-refractivity contribution in [3.8, 4) is 0 Å². The summed E-state index contributed by atoms with van der Waals surface area (Å²) in [7, 11) is -3.91. The second-order valence-electron chi connectivity index (χ2n) is 1.12. The van der Waals surface area contributed by atoms with Crippen LogP contribution in [0.5, 0.6) is 0 Å². The van der Waals surface area contributed by atoms with Crippen LogP contribution >= 0.6 is 0 Å². The first-order valence-electron chi connectivity index (χ1n) is 1.75. The number of hydrogen-bond acceptors (Lipinski definition) is 3. The fourth-order valence-electron chi connectivity index (χ4n) is 0.176. The van der Waals surface area contributed by atoms with Crippen molar-refractivity contribution >= 4 is 22.4 Å². The summed E-state index contributed by atoms with van der Waals surface area (Å²) < 4.78 is 27.8. The van der Waals surface area contributed by atoms with E-state index in [0.717, 1.165) is 0 Å². The number of hydrogen-bond donors (Lipinski definition) is 2. The average Bonchev–Trinajstić information content (AvgIpc) is 1.21. The van der Waals surface area contributed by atoms with Gasteiger partial charge in [0.2, 0.25) is 0 Å². The first-order chi connectivity index (χ1) is 3.42. The van der Waals surface area contributed by atoms with Crippen LogP contribution in [0.3, 0.4) is 0 Å². The second-order valence-corrected chi connectivity index (χ2v) is 7.47. The third-order valence-corrected chi connectivity index (χ3v) is 4.07. The molecule has 0 aromatic rings. The van der Waals surface area contributed by atoms with Crippen molar-refractivity contribution in [2.24, 2.45) is 0 Å². The maximum absolute atomic E-state index is 9.86. The molecule has 2 N–H and O–H groups in total. The summed E-state index contributed by atoms with van der Waals surface area (Å²) in [5.41, 5.74) is 0. The molecule has 6 heteroatoms. The number of aliphatic hydroxyl groups is 1. The van der Waals surface area contributed by atoms with E-state index in [1.54, 1.807) is 0 Å². The molecule has 0 radical (unpaired) electrons. The van der Waals surface area contributed by atoms with Crippen LogP contribution in [-0.4, -0.2) is 36.9 Å². The number of aliphatic hydroxyl groups excluding tert-OH is 1. The molecule has 0 saturated heterocycles. The summed E-state index contributed by atoms with van der Waals surface area (Å²) in [5.74, 6) is 0. The SMILES string of the molecule is CC(O)[Se]S(=O)(=O)O. The minimum absolute atomic E-state index is 0.933. The zero-order valence-electron chi connectivity index (χ0n) is 4.10. The van der Waals surface area contributed by atoms with Crippen LogP contribution in [0.4, 0.5) is 0 Å². The molecule has 0 aliphatic carbocycles. The van der Waals surface area contributed by atoms with Crippen LogP contribution in [0, 0.1) is 0 Å². The Balaban J connectivity index is 3.75. The zero-order chi connectivity index (χ0) is 6.78. The van der Waals surface area contributed by atoms with Crippen molar-refractivity contribution in [3.05, 3.63) is 0 Å². The fourth-order valence-corrected chi connectivity index (χ4v) is 2.74. The Morgan fingerprint density at radius 2 is 2.00 bits per heavy atom. The first kappa shape index (κ1) is 8.39. The van der Waals surface area contributed by atoms with E-state index in [0.29, 0.717) is 0 Å². The minimum atomic E-state index is -3.91. The molecule has 0 aliphatic heterocycles. The van der Waals surface area contributed by atoms with Crippen LogP contribution in [0.25, 0.3) is 0 Å². The molecule has 0 aliphatic rings. The Morgan fingerprint density at radius 3 is 2.00 bits per heavy atom. The molecule has 0 spiro atoms. The van der Waals surface area contributed by atoms with Gasteiger partial charge in [-0.15, -0.1) is 0 Å². The van der Waals surface area contributed by atoms with E-state index in [4.69, 9.17) is 9.66 Å². The van der Waals surface area contributed by atoms with E-state index >= 15 is 0 Å². The Kier molecular flexibility index (Phi) is 2.93. The van der Waals surface area contributed by atoms with Gasteiger partial charge >= 0.3 is 52.4 Å². The van der Waals surface area contributed by atoms with Crippen molar-refractivity contribution in [2.75, 3.05) is 0 Å². The Morgan fingerprint density at radius 1 is 1.62 bits per heavy atom. The van der Waals surface area contributed by atoms with Gasteiger partial charge in [-0.05, 0) is 0 Å². The second kappa shape index (κ2) is 2.79. The maximum atomic E-state index is 9.86. The Bertz CT molecular complexity index is 147. The third kappa shape index (κ3) is 6.39. The van der Waals surface area contributed by atoms with Gasteiger partial charge in [0.25, 0.3) is 0 Å². The standard InChI is InChI=1S/C2H6O4SSe/c1-2(3)8-7(4,5)6/h2-3H,1H3,(H,4,5,6). The molecule has 0 rings (SSSR count). The van der Waals surface area contributed by atoms with Gasteiger partial charge in [0.05, 0.1) is 0 Å². The third-order valence-electron chi connectivity index (χ3n) is 0.261. The number of rotatable bonds is 2. The van der Waals surface area contributed by atoms with E-state index in [2.05, 4.69) is 0 Å². The summed E-state index contributed by atoms with van der Waals surface area (Å²) >= 11 is -1.10. The molecule has 0 aromatic heterocycles.